The van der Waals surface area contributed by atoms with Crippen molar-refractivity contribution in [1.82, 2.24) is 9.55 Å². The molecule has 0 aromatic carbocycles. The van der Waals surface area contributed by atoms with E-state index in [0.717, 1.165) is 12.3 Å². The van der Waals surface area contributed by atoms with Crippen molar-refractivity contribution >= 4 is 12.0 Å². The summed E-state index contributed by atoms with van der Waals surface area (Å²) in [6, 6.07) is 1.64. The quantitative estimate of drug-likeness (QED) is 0.378. The van der Waals surface area contributed by atoms with Gasteiger partial charge in [0.2, 0.25) is 5.88 Å². The molecular formula is C20H23F2N5O4. The maximum atomic E-state index is 14.5. The Labute approximate surface area is 177 Å². The molecule has 3 rings (SSSR count). The van der Waals surface area contributed by atoms with E-state index in [0.29, 0.717) is 31.1 Å². The highest BCUT2D eigenvalue weighted by atomic mass is 19.1. The first kappa shape index (κ1) is 22.2. The first-order valence-corrected chi connectivity index (χ1v) is 9.48. The third kappa shape index (κ3) is 5.00. The lowest BCUT2D eigenvalue weighted by Gasteiger charge is -2.15. The van der Waals surface area contributed by atoms with Crippen molar-refractivity contribution in [1.29, 1.82) is 0 Å². The Morgan fingerprint density at radius 3 is 3.00 bits per heavy atom. The van der Waals surface area contributed by atoms with Gasteiger partial charge in [-0.2, -0.15) is 4.98 Å². The molecule has 1 aromatic rings. The summed E-state index contributed by atoms with van der Waals surface area (Å²) in [5, 5.41) is 0. The highest BCUT2D eigenvalue weighted by molar-refractivity contribution is 5.75. The number of nitrogens with zero attached hydrogens (tertiary/aromatic N) is 4. The van der Waals surface area contributed by atoms with Crippen LogP contribution in [0.5, 0.6) is 5.88 Å². The average molecular weight is 435 g/mol. The maximum absolute atomic E-state index is 14.5. The molecule has 0 spiro atoms. The number of ether oxygens (including phenoxy) is 3. The third-order valence-electron chi connectivity index (χ3n) is 4.64. The van der Waals surface area contributed by atoms with Crippen molar-refractivity contribution in [2.75, 3.05) is 31.7 Å². The molecular weight excluding hydrogens is 412 g/mol. The fourth-order valence-corrected chi connectivity index (χ4v) is 3.13. The van der Waals surface area contributed by atoms with Gasteiger partial charge in [-0.1, -0.05) is 6.08 Å². The Morgan fingerprint density at radius 1 is 1.52 bits per heavy atom. The number of allylic oxidation sites excluding steroid dienone is 3. The van der Waals surface area contributed by atoms with Crippen molar-refractivity contribution < 1.29 is 23.0 Å². The predicted octanol–water partition coefficient (Wildman–Crippen LogP) is 1.93. The minimum absolute atomic E-state index is 0.0233. The minimum atomic E-state index is -0.984. The lowest BCUT2D eigenvalue weighted by Crippen LogP contribution is -2.25. The highest BCUT2D eigenvalue weighted by Gasteiger charge is 2.35. The van der Waals surface area contributed by atoms with Gasteiger partial charge in [0.1, 0.15) is 25.0 Å². The largest absolute Gasteiger partial charge is 0.473 e. The molecule has 1 atom stereocenters. The summed E-state index contributed by atoms with van der Waals surface area (Å²) in [6.07, 6.45) is 4.66. The predicted molar refractivity (Wildman–Crippen MR) is 111 cm³/mol. The van der Waals surface area contributed by atoms with E-state index in [1.54, 1.807) is 19.1 Å². The molecule has 0 aliphatic carbocycles. The monoisotopic (exact) mass is 435 g/mol. The van der Waals surface area contributed by atoms with E-state index in [4.69, 9.17) is 19.9 Å². The van der Waals surface area contributed by atoms with Gasteiger partial charge in [-0.05, 0) is 18.6 Å². The summed E-state index contributed by atoms with van der Waals surface area (Å²) in [6.45, 7) is 3.23. The van der Waals surface area contributed by atoms with Gasteiger partial charge in [0.05, 0.1) is 19.4 Å². The number of nitrogens with two attached hydrogens (primary N) is 1. The standard InChI is InChI=1S/C20H23F2N5O4/c1-3-13(6-15(22)16(8-21)31-14(9-23)10-24-2)12-30-17-7-18-26-4-5-29-19(26)11-27(18)20(28)25-17/h3,6-10,19H,4-5,11-12,23H2,1-2H3/b13-3+,14-9?,15-6+,16-8-,24-10?. The van der Waals surface area contributed by atoms with Gasteiger partial charge in [-0.3, -0.25) is 9.56 Å². The van der Waals surface area contributed by atoms with Crippen LogP contribution in [0.4, 0.5) is 14.6 Å². The number of halogens is 2. The average Bonchev–Trinajstić information content (AvgIpc) is 3.36. The van der Waals surface area contributed by atoms with Crippen LogP contribution in [0.25, 0.3) is 0 Å². The van der Waals surface area contributed by atoms with Crippen LogP contribution in [0.2, 0.25) is 0 Å². The summed E-state index contributed by atoms with van der Waals surface area (Å²) < 4.78 is 45.4. The Bertz CT molecular complexity index is 1030. The van der Waals surface area contributed by atoms with Crippen molar-refractivity contribution in [3.05, 3.63) is 64.2 Å². The Morgan fingerprint density at radius 2 is 2.32 bits per heavy atom. The number of aromatic nitrogens is 2. The second-order valence-electron chi connectivity index (χ2n) is 6.54. The van der Waals surface area contributed by atoms with Gasteiger partial charge in [0.15, 0.2) is 17.3 Å². The van der Waals surface area contributed by atoms with Crippen LogP contribution >= 0.6 is 0 Å². The number of hydrogen-bond acceptors (Lipinski definition) is 8. The molecule has 1 saturated heterocycles. The van der Waals surface area contributed by atoms with Gasteiger partial charge in [0, 0.05) is 25.9 Å². The van der Waals surface area contributed by atoms with E-state index in [-0.39, 0.29) is 30.8 Å². The van der Waals surface area contributed by atoms with Crippen LogP contribution in [-0.4, -0.2) is 48.8 Å². The highest BCUT2D eigenvalue weighted by Crippen LogP contribution is 2.30. The molecule has 3 heterocycles. The topological polar surface area (TPSA) is 104 Å². The molecule has 2 aliphatic rings. The molecule has 166 valence electrons. The molecule has 31 heavy (non-hydrogen) atoms. The first-order valence-electron chi connectivity index (χ1n) is 9.48. The summed E-state index contributed by atoms with van der Waals surface area (Å²) in [5.74, 6) is -0.926. The van der Waals surface area contributed by atoms with E-state index in [2.05, 4.69) is 9.98 Å². The molecule has 0 bridgehead atoms. The van der Waals surface area contributed by atoms with Gasteiger partial charge in [-0.15, -0.1) is 0 Å². The van der Waals surface area contributed by atoms with Crippen molar-refractivity contribution in [2.24, 2.45) is 10.7 Å². The zero-order chi connectivity index (χ0) is 22.4. The molecule has 11 heteroatoms. The van der Waals surface area contributed by atoms with E-state index in [1.807, 2.05) is 4.90 Å². The molecule has 0 radical (unpaired) electrons. The van der Waals surface area contributed by atoms with Crippen LogP contribution in [0, 0.1) is 0 Å². The van der Waals surface area contributed by atoms with Gasteiger partial charge in [0.25, 0.3) is 0 Å². The number of anilines is 1. The van der Waals surface area contributed by atoms with E-state index in [9.17, 15) is 13.6 Å². The molecule has 1 fully saturated rings. The Hall–Kier alpha value is -3.47. The number of fused-ring (bicyclic) bond motifs is 3. The summed E-state index contributed by atoms with van der Waals surface area (Å²) in [7, 11) is 1.46. The Kier molecular flexibility index (Phi) is 7.19. The van der Waals surface area contributed by atoms with Crippen molar-refractivity contribution in [3.63, 3.8) is 0 Å². The van der Waals surface area contributed by atoms with Crippen LogP contribution in [0.1, 0.15) is 6.92 Å². The molecule has 2 N–H and O–H groups in total. The first-order chi connectivity index (χ1) is 15.0. The van der Waals surface area contributed by atoms with E-state index >= 15 is 0 Å². The van der Waals surface area contributed by atoms with E-state index in [1.165, 1.54) is 17.8 Å². The molecule has 1 unspecified atom stereocenters. The molecule has 2 aliphatic heterocycles. The smallest absolute Gasteiger partial charge is 0.352 e. The second-order valence-corrected chi connectivity index (χ2v) is 6.54. The SMILES string of the molecule is C\C=C(/C=C(F)\C(=C\F)OC(C=NC)=CN)COc1cc2n(c(=O)n1)CC1OCCN21. The lowest BCUT2D eigenvalue weighted by atomic mass is 10.2. The Balaban J connectivity index is 1.70. The number of hydrogen-bond donors (Lipinski definition) is 1. The third-order valence-corrected chi connectivity index (χ3v) is 4.64. The maximum Gasteiger partial charge on any atom is 0.352 e. The second kappa shape index (κ2) is 10.0. The van der Waals surface area contributed by atoms with Crippen LogP contribution < -0.4 is 21.1 Å². The summed E-state index contributed by atoms with van der Waals surface area (Å²) in [4.78, 5) is 21.8. The zero-order valence-corrected chi connectivity index (χ0v) is 17.1. The van der Waals surface area contributed by atoms with Crippen LogP contribution in [0.3, 0.4) is 0 Å². The van der Waals surface area contributed by atoms with E-state index < -0.39 is 17.3 Å². The zero-order valence-electron chi connectivity index (χ0n) is 17.1. The number of aliphatic imine (C=N–C) groups is 1. The van der Waals surface area contributed by atoms with Crippen LogP contribution in [-0.2, 0) is 16.0 Å². The van der Waals surface area contributed by atoms with Gasteiger partial charge < -0.3 is 24.8 Å². The van der Waals surface area contributed by atoms with Gasteiger partial charge in [-0.25, -0.2) is 13.6 Å². The van der Waals surface area contributed by atoms with Gasteiger partial charge >= 0.3 is 5.69 Å². The molecule has 9 nitrogen and oxygen atoms in total. The number of rotatable bonds is 8. The van der Waals surface area contributed by atoms with Crippen LogP contribution in [0.15, 0.2) is 63.5 Å². The normalized spacial score (nSPS) is 19.7. The van der Waals surface area contributed by atoms with Crippen molar-refractivity contribution in [2.45, 2.75) is 19.7 Å². The molecule has 0 saturated carbocycles. The lowest BCUT2D eigenvalue weighted by molar-refractivity contribution is 0.108. The summed E-state index contributed by atoms with van der Waals surface area (Å²) >= 11 is 0. The molecule has 1 aromatic heterocycles. The fourth-order valence-electron chi connectivity index (χ4n) is 3.13. The fraction of sp³-hybridized carbons (Fsp3) is 0.350. The minimum Gasteiger partial charge on any atom is -0.473 e. The van der Waals surface area contributed by atoms with Crippen molar-refractivity contribution in [3.8, 4) is 5.88 Å². The summed E-state index contributed by atoms with van der Waals surface area (Å²) in [5.41, 5.74) is 5.25. The molecule has 0 amide bonds.